The Morgan fingerprint density at radius 2 is 2.00 bits per heavy atom. The summed E-state index contributed by atoms with van der Waals surface area (Å²) in [4.78, 5) is 12.4. The molecule has 0 saturated heterocycles. The molecular formula is C19H26N4O2S. The van der Waals surface area contributed by atoms with E-state index in [0.717, 1.165) is 54.9 Å². The van der Waals surface area contributed by atoms with Crippen molar-refractivity contribution in [1.82, 2.24) is 15.2 Å². The number of benzene rings is 1. The molecule has 0 amide bonds. The zero-order valence-corrected chi connectivity index (χ0v) is 16.7. The van der Waals surface area contributed by atoms with Gasteiger partial charge < -0.3 is 19.7 Å². The molecule has 0 unspecified atom stereocenters. The molecule has 0 saturated carbocycles. The molecule has 1 aromatic carbocycles. The largest absolute Gasteiger partial charge is 0.493 e. The highest BCUT2D eigenvalue weighted by molar-refractivity contribution is 7.11. The first kappa shape index (κ1) is 18.5. The van der Waals surface area contributed by atoms with E-state index in [9.17, 15) is 0 Å². The van der Waals surface area contributed by atoms with Gasteiger partial charge in [0.05, 0.1) is 19.2 Å². The molecule has 140 valence electrons. The summed E-state index contributed by atoms with van der Waals surface area (Å²) < 4.78 is 10.9. The number of aliphatic imine (C=N–C) groups is 1. The molecule has 0 fully saturated rings. The number of rotatable bonds is 5. The Kier molecular flexibility index (Phi) is 5.98. The van der Waals surface area contributed by atoms with Gasteiger partial charge >= 0.3 is 0 Å². The smallest absolute Gasteiger partial charge is 0.193 e. The van der Waals surface area contributed by atoms with Gasteiger partial charge in [-0.3, -0.25) is 4.99 Å². The van der Waals surface area contributed by atoms with Crippen molar-refractivity contribution in [2.24, 2.45) is 4.99 Å². The molecule has 3 rings (SSSR count). The van der Waals surface area contributed by atoms with Crippen molar-refractivity contribution in [3.8, 4) is 11.5 Å². The van der Waals surface area contributed by atoms with Crippen LogP contribution in [0.15, 0.2) is 23.3 Å². The van der Waals surface area contributed by atoms with E-state index < -0.39 is 0 Å². The number of aromatic nitrogens is 1. The second-order valence-electron chi connectivity index (χ2n) is 6.24. The number of thiazole rings is 1. The van der Waals surface area contributed by atoms with Gasteiger partial charge in [-0.15, -0.1) is 11.3 Å². The van der Waals surface area contributed by atoms with Gasteiger partial charge in [0.2, 0.25) is 0 Å². The molecule has 7 heteroatoms. The molecule has 6 nitrogen and oxygen atoms in total. The first-order chi connectivity index (χ1) is 12.6. The summed E-state index contributed by atoms with van der Waals surface area (Å²) in [6.45, 7) is 4.65. The van der Waals surface area contributed by atoms with E-state index in [4.69, 9.17) is 9.47 Å². The molecule has 1 aliphatic rings. The standard InChI is InChI=1S/C19H26N4O2S/c1-13-11-22-18(26-13)5-7-21-19(20-2)23-8-6-14-9-16(24-3)17(25-4)10-15(14)12-23/h9-11H,5-8,12H2,1-4H3,(H,20,21). The van der Waals surface area contributed by atoms with Crippen molar-refractivity contribution in [1.29, 1.82) is 0 Å². The Morgan fingerprint density at radius 1 is 1.27 bits per heavy atom. The van der Waals surface area contributed by atoms with E-state index in [1.54, 1.807) is 25.6 Å². The predicted molar refractivity (Wildman–Crippen MR) is 106 cm³/mol. The molecule has 2 aromatic rings. The van der Waals surface area contributed by atoms with Crippen molar-refractivity contribution < 1.29 is 9.47 Å². The van der Waals surface area contributed by atoms with E-state index in [1.807, 2.05) is 13.2 Å². The number of ether oxygens (including phenoxy) is 2. The maximum atomic E-state index is 5.45. The molecule has 0 bridgehead atoms. The van der Waals surface area contributed by atoms with Crippen LogP contribution in [0.2, 0.25) is 0 Å². The average molecular weight is 375 g/mol. The summed E-state index contributed by atoms with van der Waals surface area (Å²) in [5.74, 6) is 2.50. The topological polar surface area (TPSA) is 59.0 Å². The Morgan fingerprint density at radius 3 is 2.62 bits per heavy atom. The van der Waals surface area contributed by atoms with E-state index in [2.05, 4.69) is 39.2 Å². The van der Waals surface area contributed by atoms with Gasteiger partial charge in [-0.25, -0.2) is 4.98 Å². The summed E-state index contributed by atoms with van der Waals surface area (Å²) in [6.07, 6.45) is 3.80. The summed E-state index contributed by atoms with van der Waals surface area (Å²) in [6, 6.07) is 4.17. The number of aryl methyl sites for hydroxylation is 1. The van der Waals surface area contributed by atoms with Crippen LogP contribution < -0.4 is 14.8 Å². The summed E-state index contributed by atoms with van der Waals surface area (Å²) in [5, 5.41) is 4.62. The highest BCUT2D eigenvalue weighted by Crippen LogP contribution is 2.33. The normalized spacial score (nSPS) is 14.2. The summed E-state index contributed by atoms with van der Waals surface area (Å²) >= 11 is 1.75. The minimum absolute atomic E-state index is 0.773. The molecule has 26 heavy (non-hydrogen) atoms. The van der Waals surface area contributed by atoms with E-state index in [0.29, 0.717) is 0 Å². The fraction of sp³-hybridized carbons (Fsp3) is 0.474. The van der Waals surface area contributed by atoms with Gasteiger partial charge in [-0.1, -0.05) is 0 Å². The van der Waals surface area contributed by atoms with Crippen LogP contribution in [0.3, 0.4) is 0 Å². The summed E-state index contributed by atoms with van der Waals surface area (Å²) in [7, 11) is 5.18. The van der Waals surface area contributed by atoms with E-state index >= 15 is 0 Å². The molecule has 1 aromatic heterocycles. The SMILES string of the molecule is CN=C(NCCc1ncc(C)s1)N1CCc2cc(OC)c(OC)cc2C1. The molecule has 0 atom stereocenters. The van der Waals surface area contributed by atoms with Crippen LogP contribution in [0.25, 0.3) is 0 Å². The van der Waals surface area contributed by atoms with E-state index in [1.165, 1.54) is 16.0 Å². The number of hydrogen-bond acceptors (Lipinski definition) is 5. The van der Waals surface area contributed by atoms with Crippen molar-refractivity contribution >= 4 is 17.3 Å². The van der Waals surface area contributed by atoms with Crippen LogP contribution in [-0.2, 0) is 19.4 Å². The first-order valence-corrected chi connectivity index (χ1v) is 9.57. The fourth-order valence-corrected chi connectivity index (χ4v) is 3.98. The molecule has 0 spiro atoms. The zero-order chi connectivity index (χ0) is 18.5. The fourth-order valence-electron chi connectivity index (χ4n) is 3.19. The Hall–Kier alpha value is -2.28. The third-order valence-electron chi connectivity index (χ3n) is 4.52. The van der Waals surface area contributed by atoms with Crippen LogP contribution in [-0.4, -0.2) is 50.2 Å². The van der Waals surface area contributed by atoms with Gasteiger partial charge in [-0.05, 0) is 36.6 Å². The highest BCUT2D eigenvalue weighted by atomic mass is 32.1. The average Bonchev–Trinajstić information content (AvgIpc) is 3.08. The number of fused-ring (bicyclic) bond motifs is 1. The van der Waals surface area contributed by atoms with Crippen molar-refractivity contribution in [2.75, 3.05) is 34.4 Å². The Balaban J connectivity index is 1.64. The Bertz CT molecular complexity index is 788. The van der Waals surface area contributed by atoms with Gasteiger partial charge in [-0.2, -0.15) is 0 Å². The lowest BCUT2D eigenvalue weighted by Gasteiger charge is -2.32. The van der Waals surface area contributed by atoms with Crippen molar-refractivity contribution in [2.45, 2.75) is 26.3 Å². The third-order valence-corrected chi connectivity index (χ3v) is 5.49. The predicted octanol–water partition coefficient (Wildman–Crippen LogP) is 2.64. The second kappa shape index (κ2) is 8.40. The number of hydrogen-bond donors (Lipinski definition) is 1. The maximum Gasteiger partial charge on any atom is 0.193 e. The van der Waals surface area contributed by atoms with Gasteiger partial charge in [0, 0.05) is 44.2 Å². The molecule has 0 aliphatic carbocycles. The second-order valence-corrected chi connectivity index (χ2v) is 7.56. The molecule has 2 heterocycles. The quantitative estimate of drug-likeness (QED) is 0.644. The lowest BCUT2D eigenvalue weighted by Crippen LogP contribution is -2.44. The van der Waals surface area contributed by atoms with Crippen LogP contribution >= 0.6 is 11.3 Å². The number of nitrogens with one attached hydrogen (secondary N) is 1. The molecular weight excluding hydrogens is 348 g/mol. The number of nitrogens with zero attached hydrogens (tertiary/aromatic N) is 3. The highest BCUT2D eigenvalue weighted by Gasteiger charge is 2.21. The number of guanidine groups is 1. The lowest BCUT2D eigenvalue weighted by atomic mass is 9.99. The molecule has 0 radical (unpaired) electrons. The van der Waals surface area contributed by atoms with Gasteiger partial charge in [0.1, 0.15) is 0 Å². The third kappa shape index (κ3) is 4.09. The van der Waals surface area contributed by atoms with Crippen LogP contribution in [0, 0.1) is 6.92 Å². The molecule has 1 N–H and O–H groups in total. The van der Waals surface area contributed by atoms with Crippen molar-refractivity contribution in [3.05, 3.63) is 39.3 Å². The number of methoxy groups -OCH3 is 2. The summed E-state index contributed by atoms with van der Waals surface area (Å²) in [5.41, 5.74) is 2.57. The minimum atomic E-state index is 0.773. The van der Waals surface area contributed by atoms with Crippen LogP contribution in [0.5, 0.6) is 11.5 Å². The maximum absolute atomic E-state index is 5.45. The van der Waals surface area contributed by atoms with Crippen molar-refractivity contribution in [3.63, 3.8) is 0 Å². The van der Waals surface area contributed by atoms with E-state index in [-0.39, 0.29) is 0 Å². The van der Waals surface area contributed by atoms with Gasteiger partial charge in [0.25, 0.3) is 0 Å². The first-order valence-electron chi connectivity index (χ1n) is 8.75. The monoisotopic (exact) mass is 374 g/mol. The molecule has 1 aliphatic heterocycles. The minimum Gasteiger partial charge on any atom is -0.493 e. The Labute approximate surface area is 158 Å². The van der Waals surface area contributed by atoms with Crippen LogP contribution in [0.4, 0.5) is 0 Å². The lowest BCUT2D eigenvalue weighted by molar-refractivity contribution is 0.346. The van der Waals surface area contributed by atoms with Crippen LogP contribution in [0.1, 0.15) is 21.0 Å². The zero-order valence-electron chi connectivity index (χ0n) is 15.8. The van der Waals surface area contributed by atoms with Gasteiger partial charge in [0.15, 0.2) is 17.5 Å².